The zero-order valence-electron chi connectivity index (χ0n) is 18.5. The van der Waals surface area contributed by atoms with Gasteiger partial charge in [0.05, 0.1) is 26.2 Å². The Balaban J connectivity index is 1.91. The topological polar surface area (TPSA) is 65.1 Å². The van der Waals surface area contributed by atoms with Crippen LogP contribution in [-0.4, -0.2) is 50.7 Å². The van der Waals surface area contributed by atoms with E-state index in [-0.39, 0.29) is 31.0 Å². The van der Waals surface area contributed by atoms with E-state index >= 15 is 0 Å². The molecule has 1 aliphatic heterocycles. The van der Waals surface area contributed by atoms with Crippen LogP contribution in [0.5, 0.6) is 11.5 Å². The van der Waals surface area contributed by atoms with Crippen LogP contribution in [0.3, 0.4) is 0 Å². The van der Waals surface area contributed by atoms with Crippen molar-refractivity contribution < 1.29 is 32.6 Å². The number of carbonyl (C=O) groups excluding carboxylic acids is 2. The molecule has 1 amide bonds. The molecular weight excluding hydrogens is 420 g/mol. The fraction of sp³-hybridized carbons (Fsp3) is 0.417. The van der Waals surface area contributed by atoms with Crippen LogP contribution in [0.2, 0.25) is 0 Å². The van der Waals surface area contributed by atoms with E-state index in [1.807, 2.05) is 0 Å². The van der Waals surface area contributed by atoms with Gasteiger partial charge in [-0.05, 0) is 56.0 Å². The van der Waals surface area contributed by atoms with E-state index in [1.165, 1.54) is 20.3 Å². The Morgan fingerprint density at radius 3 is 2.47 bits per heavy atom. The standard InChI is InChI=1S/C24H27F2NO5/c1-4-32-23(29)24(14-17-6-8-18(25)13-19(17)26)10-5-11-27(15-24)22(28)16-7-9-20(30-2)21(12-16)31-3/h6-9,12-13H,4-5,10-11,14-15H2,1-3H3/t24-/m0/s1. The largest absolute Gasteiger partial charge is 0.493 e. The van der Waals surface area contributed by atoms with Crippen molar-refractivity contribution in [3.05, 3.63) is 59.2 Å². The number of methoxy groups -OCH3 is 2. The highest BCUT2D eigenvalue weighted by Gasteiger charge is 2.45. The lowest BCUT2D eigenvalue weighted by Crippen LogP contribution is -2.51. The van der Waals surface area contributed by atoms with Crippen molar-refractivity contribution in [1.29, 1.82) is 0 Å². The molecule has 8 heteroatoms. The maximum absolute atomic E-state index is 14.4. The third-order valence-corrected chi connectivity index (χ3v) is 5.75. The predicted molar refractivity (Wildman–Crippen MR) is 114 cm³/mol. The zero-order valence-corrected chi connectivity index (χ0v) is 18.5. The number of halogens is 2. The number of nitrogens with zero attached hydrogens (tertiary/aromatic N) is 1. The third kappa shape index (κ3) is 4.84. The van der Waals surface area contributed by atoms with Gasteiger partial charge in [0.15, 0.2) is 11.5 Å². The Morgan fingerprint density at radius 2 is 1.81 bits per heavy atom. The summed E-state index contributed by atoms with van der Waals surface area (Å²) in [5, 5.41) is 0. The molecule has 2 aromatic carbocycles. The van der Waals surface area contributed by atoms with Crippen molar-refractivity contribution in [1.82, 2.24) is 4.90 Å². The molecule has 0 N–H and O–H groups in total. The minimum atomic E-state index is -1.13. The van der Waals surface area contributed by atoms with Crippen molar-refractivity contribution in [3.63, 3.8) is 0 Å². The third-order valence-electron chi connectivity index (χ3n) is 5.75. The molecule has 6 nitrogen and oxygen atoms in total. The molecule has 1 heterocycles. The van der Waals surface area contributed by atoms with Gasteiger partial charge in [0.2, 0.25) is 0 Å². The highest BCUT2D eigenvalue weighted by molar-refractivity contribution is 5.95. The lowest BCUT2D eigenvalue weighted by molar-refractivity contribution is -0.158. The molecule has 0 saturated carbocycles. The molecular formula is C24H27F2NO5. The first-order valence-electron chi connectivity index (χ1n) is 10.5. The van der Waals surface area contributed by atoms with Gasteiger partial charge in [0.25, 0.3) is 5.91 Å². The van der Waals surface area contributed by atoms with E-state index in [9.17, 15) is 18.4 Å². The van der Waals surface area contributed by atoms with Crippen LogP contribution in [0, 0.1) is 17.0 Å². The van der Waals surface area contributed by atoms with Gasteiger partial charge in [-0.15, -0.1) is 0 Å². The van der Waals surface area contributed by atoms with Gasteiger partial charge < -0.3 is 19.1 Å². The van der Waals surface area contributed by atoms with Crippen molar-refractivity contribution in [2.45, 2.75) is 26.2 Å². The van der Waals surface area contributed by atoms with Gasteiger partial charge in [-0.25, -0.2) is 8.78 Å². The van der Waals surface area contributed by atoms with Crippen LogP contribution in [0.1, 0.15) is 35.7 Å². The van der Waals surface area contributed by atoms with Gasteiger partial charge >= 0.3 is 5.97 Å². The number of hydrogen-bond acceptors (Lipinski definition) is 5. The smallest absolute Gasteiger partial charge is 0.314 e. The van der Waals surface area contributed by atoms with E-state index in [4.69, 9.17) is 14.2 Å². The summed E-state index contributed by atoms with van der Waals surface area (Å²) < 4.78 is 43.6. The molecule has 0 unspecified atom stereocenters. The number of ether oxygens (including phenoxy) is 3. The maximum Gasteiger partial charge on any atom is 0.314 e. The first kappa shape index (κ1) is 23.5. The minimum absolute atomic E-state index is 0.00760. The van der Waals surface area contributed by atoms with E-state index in [1.54, 1.807) is 30.0 Å². The number of rotatable bonds is 7. The molecule has 1 atom stereocenters. The average molecular weight is 447 g/mol. The van der Waals surface area contributed by atoms with Crippen molar-refractivity contribution in [2.75, 3.05) is 33.9 Å². The SMILES string of the molecule is CCOC(=O)[C@]1(Cc2ccc(F)cc2F)CCCN(C(=O)c2ccc(OC)c(OC)c2)C1. The summed E-state index contributed by atoms with van der Waals surface area (Å²) >= 11 is 0. The Labute approximate surface area is 186 Å². The molecule has 0 bridgehead atoms. The number of esters is 1. The molecule has 0 radical (unpaired) electrons. The Kier molecular flexibility index (Phi) is 7.33. The maximum atomic E-state index is 14.4. The second-order valence-electron chi connectivity index (χ2n) is 7.81. The van der Waals surface area contributed by atoms with Gasteiger partial charge in [-0.2, -0.15) is 0 Å². The van der Waals surface area contributed by atoms with Crippen LogP contribution in [0.15, 0.2) is 36.4 Å². The predicted octanol–water partition coefficient (Wildman–Crippen LogP) is 4.01. The number of hydrogen-bond donors (Lipinski definition) is 0. The first-order valence-corrected chi connectivity index (χ1v) is 10.5. The molecule has 32 heavy (non-hydrogen) atoms. The van der Waals surface area contributed by atoms with Crippen LogP contribution >= 0.6 is 0 Å². The summed E-state index contributed by atoms with van der Waals surface area (Å²) in [6.07, 6.45) is 0.979. The number of benzene rings is 2. The second kappa shape index (κ2) is 9.97. The highest BCUT2D eigenvalue weighted by atomic mass is 19.1. The Hall–Kier alpha value is -3.16. The second-order valence-corrected chi connectivity index (χ2v) is 7.81. The quantitative estimate of drug-likeness (QED) is 0.600. The minimum Gasteiger partial charge on any atom is -0.493 e. The van der Waals surface area contributed by atoms with E-state index in [2.05, 4.69) is 0 Å². The summed E-state index contributed by atoms with van der Waals surface area (Å²) in [4.78, 5) is 27.8. The van der Waals surface area contributed by atoms with Crippen LogP contribution in [-0.2, 0) is 16.0 Å². The number of carbonyl (C=O) groups is 2. The summed E-state index contributed by atoms with van der Waals surface area (Å²) in [7, 11) is 2.99. The normalized spacial score (nSPS) is 18.2. The van der Waals surface area contributed by atoms with Gasteiger partial charge in [-0.3, -0.25) is 9.59 Å². The fourth-order valence-electron chi connectivity index (χ4n) is 4.15. The number of likely N-dealkylation sites (tertiary alicyclic amines) is 1. The summed E-state index contributed by atoms with van der Waals surface area (Å²) in [6.45, 7) is 2.37. The molecule has 3 rings (SSSR count). The van der Waals surface area contributed by atoms with E-state index in [0.29, 0.717) is 36.4 Å². The van der Waals surface area contributed by atoms with Crippen LogP contribution < -0.4 is 9.47 Å². The summed E-state index contributed by atoms with van der Waals surface area (Å²) in [5.41, 5.74) is -0.533. The summed E-state index contributed by atoms with van der Waals surface area (Å²) in [5.74, 6) is -1.27. The first-order chi connectivity index (χ1) is 15.3. The van der Waals surface area contributed by atoms with Crippen molar-refractivity contribution in [3.8, 4) is 11.5 Å². The molecule has 1 saturated heterocycles. The van der Waals surface area contributed by atoms with Gasteiger partial charge in [0.1, 0.15) is 11.6 Å². The van der Waals surface area contributed by atoms with Crippen LogP contribution in [0.4, 0.5) is 8.78 Å². The Bertz CT molecular complexity index is 996. The zero-order chi connectivity index (χ0) is 23.3. The lowest BCUT2D eigenvalue weighted by Gasteiger charge is -2.41. The molecule has 1 aliphatic rings. The molecule has 1 fully saturated rings. The van der Waals surface area contributed by atoms with Crippen molar-refractivity contribution >= 4 is 11.9 Å². The molecule has 0 spiro atoms. The van der Waals surface area contributed by atoms with E-state index < -0.39 is 23.0 Å². The molecule has 172 valence electrons. The number of amides is 1. The Morgan fingerprint density at radius 1 is 1.06 bits per heavy atom. The van der Waals surface area contributed by atoms with Crippen LogP contribution in [0.25, 0.3) is 0 Å². The van der Waals surface area contributed by atoms with E-state index in [0.717, 1.165) is 12.1 Å². The van der Waals surface area contributed by atoms with Crippen molar-refractivity contribution in [2.24, 2.45) is 5.41 Å². The lowest BCUT2D eigenvalue weighted by atomic mass is 9.74. The monoisotopic (exact) mass is 447 g/mol. The summed E-state index contributed by atoms with van der Waals surface area (Å²) in [6, 6.07) is 8.14. The molecule has 0 aromatic heterocycles. The van der Waals surface area contributed by atoms with Gasteiger partial charge in [0, 0.05) is 24.7 Å². The molecule has 0 aliphatic carbocycles. The average Bonchev–Trinajstić information content (AvgIpc) is 2.80. The fourth-order valence-corrected chi connectivity index (χ4v) is 4.15. The molecule has 2 aromatic rings. The number of piperidine rings is 1. The highest BCUT2D eigenvalue weighted by Crippen LogP contribution is 2.37. The van der Waals surface area contributed by atoms with Gasteiger partial charge in [-0.1, -0.05) is 6.07 Å².